The van der Waals surface area contributed by atoms with Gasteiger partial charge in [-0.25, -0.2) is 0 Å². The average Bonchev–Trinajstić information content (AvgIpc) is 2.54. The first-order chi connectivity index (χ1) is 9.00. The molecule has 1 atom stereocenters. The van der Waals surface area contributed by atoms with Crippen LogP contribution in [0.2, 0.25) is 0 Å². The molecule has 0 nitrogen and oxygen atoms in total. The topological polar surface area (TPSA) is 0 Å². The Bertz CT molecular complexity index is 302. The van der Waals surface area contributed by atoms with Crippen molar-refractivity contribution in [3.63, 3.8) is 0 Å². The Hall–Kier alpha value is -1.12. The van der Waals surface area contributed by atoms with Gasteiger partial charge in [0.25, 0.3) is 0 Å². The van der Waals surface area contributed by atoms with Gasteiger partial charge in [-0.05, 0) is 0 Å². The molecular weight excluding hydrogens is 398 g/mol. The molecule has 0 aromatic heterocycles. The van der Waals surface area contributed by atoms with Crippen molar-refractivity contribution in [2.75, 3.05) is 0 Å². The molecule has 0 aliphatic rings. The van der Waals surface area contributed by atoms with E-state index in [0.717, 1.165) is 0 Å². The third-order valence-corrected chi connectivity index (χ3v) is 1.82. The van der Waals surface area contributed by atoms with Gasteiger partial charge in [0.2, 0.25) is 0 Å². The van der Waals surface area contributed by atoms with Crippen LogP contribution in [-0.2, 0) is 20.4 Å². The first kappa shape index (κ1) is 21.2. The van der Waals surface area contributed by atoms with Crippen molar-refractivity contribution in [3.05, 3.63) is 109 Å². The van der Waals surface area contributed by atoms with Crippen LogP contribution in [0, 0.1) is 18.2 Å². The molecule has 3 aromatic rings. The predicted octanol–water partition coefficient (Wildman–Crippen LogP) is 3.27. The minimum absolute atomic E-state index is 0. The van der Waals surface area contributed by atoms with Crippen molar-refractivity contribution in [3.8, 4) is 0 Å². The SMILES string of the molecule is [AsH3].[Pd].[c-]1ccccc1.[c-]1ccccc1.[c-]1ccccc1. The fraction of sp³-hybridized carbons (Fsp3) is 0. The molecule has 0 saturated carbocycles. The van der Waals surface area contributed by atoms with Crippen LogP contribution in [0.15, 0.2) is 91.0 Å². The van der Waals surface area contributed by atoms with E-state index in [9.17, 15) is 0 Å². The zero-order valence-electron chi connectivity index (χ0n) is 11.2. The summed E-state index contributed by atoms with van der Waals surface area (Å²) in [6.07, 6.45) is 0. The molecule has 0 saturated heterocycles. The quantitative estimate of drug-likeness (QED) is 0.390. The third kappa shape index (κ3) is 14.9. The van der Waals surface area contributed by atoms with Crippen LogP contribution in [0.1, 0.15) is 0 Å². The first-order valence-corrected chi connectivity index (χ1v) is 5.73. The molecule has 0 N–H and O–H groups in total. The molecule has 0 aliphatic carbocycles. The van der Waals surface area contributed by atoms with E-state index in [1.807, 2.05) is 91.0 Å². The van der Waals surface area contributed by atoms with E-state index >= 15 is 0 Å². The van der Waals surface area contributed by atoms with Gasteiger partial charge in [-0.1, -0.05) is 0 Å². The maximum atomic E-state index is 2.89. The largest absolute Gasteiger partial charge is 0.184 e. The van der Waals surface area contributed by atoms with Gasteiger partial charge in [0, 0.05) is 20.4 Å². The maximum absolute atomic E-state index is 2.89. The molecule has 0 fully saturated rings. The van der Waals surface area contributed by atoms with E-state index < -0.39 is 0 Å². The van der Waals surface area contributed by atoms with E-state index in [1.54, 1.807) is 0 Å². The second-order valence-corrected chi connectivity index (χ2v) is 3.23. The van der Waals surface area contributed by atoms with Gasteiger partial charge in [-0.3, -0.25) is 0 Å². The van der Waals surface area contributed by atoms with Crippen molar-refractivity contribution in [1.82, 2.24) is 0 Å². The van der Waals surface area contributed by atoms with Crippen LogP contribution < -0.4 is 0 Å². The second kappa shape index (κ2) is 17.9. The summed E-state index contributed by atoms with van der Waals surface area (Å²) in [6, 6.07) is 37.5. The van der Waals surface area contributed by atoms with Crippen molar-refractivity contribution in [2.24, 2.45) is 0 Å². The predicted molar refractivity (Wildman–Crippen MR) is 85.8 cm³/mol. The Morgan fingerprint density at radius 1 is 0.350 bits per heavy atom. The minimum Gasteiger partial charge on any atom is -0.184 e. The first-order valence-electron chi connectivity index (χ1n) is 5.73. The summed E-state index contributed by atoms with van der Waals surface area (Å²) in [5.74, 6) is 0. The van der Waals surface area contributed by atoms with E-state index in [4.69, 9.17) is 0 Å². The number of benzene rings is 3. The molecule has 0 bridgehead atoms. The van der Waals surface area contributed by atoms with Crippen LogP contribution >= 0.6 is 0 Å². The normalized spacial score (nSPS) is 7.20. The van der Waals surface area contributed by atoms with E-state index in [1.165, 1.54) is 0 Å². The summed E-state index contributed by atoms with van der Waals surface area (Å²) >= 11 is 0. The summed E-state index contributed by atoms with van der Waals surface area (Å²) in [6.45, 7) is 0. The number of hydrogen-bond donors (Lipinski definition) is 0. The summed E-state index contributed by atoms with van der Waals surface area (Å²) in [7, 11) is 0. The monoisotopic (exact) mass is 415 g/mol. The molecule has 0 aliphatic heterocycles. The Balaban J connectivity index is 0. The zero-order chi connectivity index (χ0) is 12.7. The Morgan fingerprint density at radius 2 is 0.550 bits per heavy atom. The zero-order valence-corrected chi connectivity index (χ0v) is 15.7. The fourth-order valence-electron chi connectivity index (χ4n) is 1.03. The molecule has 0 spiro atoms. The van der Waals surface area contributed by atoms with Crippen molar-refractivity contribution in [2.45, 2.75) is 0 Å². The molecule has 108 valence electrons. The fourth-order valence-corrected chi connectivity index (χ4v) is 1.03. The van der Waals surface area contributed by atoms with Gasteiger partial charge in [0.15, 0.2) is 0 Å². The smallest absolute Gasteiger partial charge is 0 e. The molecule has 1 unspecified atom stereocenters. The number of hydrogen-bond acceptors (Lipinski definition) is 0. The van der Waals surface area contributed by atoms with Gasteiger partial charge in [-0.15, -0.1) is 0 Å². The summed E-state index contributed by atoms with van der Waals surface area (Å²) in [4.78, 5) is 0. The van der Waals surface area contributed by atoms with Crippen LogP contribution in [0.5, 0.6) is 0 Å². The molecule has 3 rings (SSSR count). The van der Waals surface area contributed by atoms with Crippen LogP contribution in [0.3, 0.4) is 0 Å². The molecule has 3 aromatic carbocycles. The van der Waals surface area contributed by atoms with Crippen LogP contribution in [-0.4, -0.2) is 18.0 Å². The maximum Gasteiger partial charge on any atom is 0 e. The van der Waals surface area contributed by atoms with Crippen LogP contribution in [0.4, 0.5) is 0 Å². The van der Waals surface area contributed by atoms with Gasteiger partial charge >= 0.3 is 18.0 Å². The van der Waals surface area contributed by atoms with Crippen molar-refractivity contribution < 1.29 is 20.4 Å². The van der Waals surface area contributed by atoms with Crippen molar-refractivity contribution >= 4 is 18.0 Å². The molecule has 0 radical (unpaired) electrons. The van der Waals surface area contributed by atoms with E-state index in [2.05, 4.69) is 18.2 Å². The van der Waals surface area contributed by atoms with Crippen LogP contribution in [0.25, 0.3) is 0 Å². The van der Waals surface area contributed by atoms with Gasteiger partial charge in [0.1, 0.15) is 0 Å². The summed E-state index contributed by atoms with van der Waals surface area (Å²) in [5.41, 5.74) is 0. The van der Waals surface area contributed by atoms with E-state index in [0.29, 0.717) is 0 Å². The van der Waals surface area contributed by atoms with Gasteiger partial charge in [0.05, 0.1) is 0 Å². The molecular formula is C18H18AsPd-3. The van der Waals surface area contributed by atoms with Gasteiger partial charge in [-0.2, -0.15) is 109 Å². The summed E-state index contributed by atoms with van der Waals surface area (Å²) < 4.78 is 0. The second-order valence-electron chi connectivity index (χ2n) is 3.23. The minimum atomic E-state index is 0. The molecule has 2 heteroatoms. The van der Waals surface area contributed by atoms with Crippen molar-refractivity contribution in [1.29, 1.82) is 0 Å². The third-order valence-electron chi connectivity index (χ3n) is 1.82. The Morgan fingerprint density at radius 3 is 0.600 bits per heavy atom. The Kier molecular flexibility index (Phi) is 18.9. The Labute approximate surface area is 147 Å². The summed E-state index contributed by atoms with van der Waals surface area (Å²) in [5, 5.41) is 0. The molecule has 0 heterocycles. The number of rotatable bonds is 0. The van der Waals surface area contributed by atoms with Gasteiger partial charge < -0.3 is 0 Å². The molecule has 20 heavy (non-hydrogen) atoms. The average molecular weight is 416 g/mol. The molecule has 0 amide bonds. The standard InChI is InChI=1S/3C6H5.AsH3.Pd/c3*1-2-4-6-5-3-1;;/h3*1-5H;1H3;/q3*-1;;. The van der Waals surface area contributed by atoms with E-state index in [-0.39, 0.29) is 38.4 Å².